The average Bonchev–Trinajstić information content (AvgIpc) is 3.92. The second kappa shape index (κ2) is 13.7. The molecule has 11 nitrogen and oxygen atoms in total. The molecule has 0 aromatic carbocycles. The first kappa shape index (κ1) is 34.8. The molecule has 6 aliphatic rings. The Bertz CT molecular complexity index is 1670. The van der Waals surface area contributed by atoms with E-state index < -0.39 is 0 Å². The maximum atomic E-state index is 11.5. The number of aliphatic hydroxyl groups is 2. The summed E-state index contributed by atoms with van der Waals surface area (Å²) in [6.07, 6.45) is 25.3. The SMILES string of the molecule is C#C[C@H]1CCC2=CC(=O)CC[C@@]21C.C[C@]12CCC(=O)C=C1CC[C@@H]2c1cn(CO)nn1.C[C@]12CCC(=O)C=C1CC[C@@H]2c1cnn(CO)n1. The van der Waals surface area contributed by atoms with Gasteiger partial charge in [-0.3, -0.25) is 14.4 Å². The van der Waals surface area contributed by atoms with Crippen LogP contribution >= 0.6 is 0 Å². The number of carbonyl (C=O) groups is 3. The Kier molecular flexibility index (Phi) is 9.75. The summed E-state index contributed by atoms with van der Waals surface area (Å²) in [5, 5.41) is 34.4. The molecule has 0 radical (unpaired) electrons. The highest BCUT2D eigenvalue weighted by atomic mass is 16.3. The summed E-state index contributed by atoms with van der Waals surface area (Å²) in [5.74, 6) is 4.64. The first-order valence-corrected chi connectivity index (χ1v) is 17.6. The van der Waals surface area contributed by atoms with E-state index >= 15 is 0 Å². The number of allylic oxidation sites excluding steroid dienone is 6. The Morgan fingerprint density at radius 2 is 1.27 bits per heavy atom. The summed E-state index contributed by atoms with van der Waals surface area (Å²) in [5.41, 5.74) is 5.93. The zero-order chi connectivity index (χ0) is 35.0. The molecule has 3 fully saturated rings. The maximum absolute atomic E-state index is 11.5. The molecule has 2 aromatic rings. The topological polar surface area (TPSA) is 153 Å². The van der Waals surface area contributed by atoms with Crippen LogP contribution in [0.4, 0.5) is 0 Å². The molecule has 0 unspecified atom stereocenters. The molecule has 2 N–H and O–H groups in total. The van der Waals surface area contributed by atoms with Crippen molar-refractivity contribution < 1.29 is 24.6 Å². The number of hydrogen-bond donors (Lipinski definition) is 2. The van der Waals surface area contributed by atoms with Gasteiger partial charge >= 0.3 is 0 Å². The van der Waals surface area contributed by atoms with E-state index in [1.54, 1.807) is 6.20 Å². The van der Waals surface area contributed by atoms with Crippen LogP contribution in [0.1, 0.15) is 121 Å². The summed E-state index contributed by atoms with van der Waals surface area (Å²) in [6.45, 7) is 6.33. The van der Waals surface area contributed by atoms with Gasteiger partial charge in [0.2, 0.25) is 0 Å². The molecule has 0 saturated heterocycles. The number of aromatic nitrogens is 6. The van der Waals surface area contributed by atoms with Gasteiger partial charge in [-0.25, -0.2) is 4.68 Å². The van der Waals surface area contributed by atoms with E-state index in [9.17, 15) is 14.4 Å². The Morgan fingerprint density at radius 1 is 0.755 bits per heavy atom. The van der Waals surface area contributed by atoms with E-state index in [-0.39, 0.29) is 47.1 Å². The lowest BCUT2D eigenvalue weighted by Crippen LogP contribution is -2.27. The smallest absolute Gasteiger partial charge is 0.155 e. The summed E-state index contributed by atoms with van der Waals surface area (Å²) >= 11 is 0. The normalized spacial score (nSPS) is 33.1. The van der Waals surface area contributed by atoms with Gasteiger partial charge in [-0.05, 0) is 86.8 Å². The number of ketones is 3. The first-order valence-electron chi connectivity index (χ1n) is 17.6. The number of carbonyl (C=O) groups excluding carboxylic acids is 3. The molecule has 49 heavy (non-hydrogen) atoms. The molecule has 0 amide bonds. The van der Waals surface area contributed by atoms with Crippen LogP contribution in [0.5, 0.6) is 0 Å². The van der Waals surface area contributed by atoms with Crippen LogP contribution < -0.4 is 0 Å². The zero-order valence-corrected chi connectivity index (χ0v) is 28.9. The van der Waals surface area contributed by atoms with Crippen LogP contribution in [0.25, 0.3) is 0 Å². The second-order valence-corrected chi connectivity index (χ2v) is 15.2. The van der Waals surface area contributed by atoms with Gasteiger partial charge in [0.15, 0.2) is 24.1 Å². The third kappa shape index (κ3) is 6.53. The van der Waals surface area contributed by atoms with Crippen molar-refractivity contribution in [2.75, 3.05) is 0 Å². The lowest BCUT2D eigenvalue weighted by molar-refractivity contribution is -0.116. The molecule has 0 bridgehead atoms. The van der Waals surface area contributed by atoms with E-state index in [1.165, 1.54) is 26.2 Å². The first-order chi connectivity index (χ1) is 23.4. The molecule has 2 aromatic heterocycles. The molecule has 0 aliphatic heterocycles. The molecule has 3 saturated carbocycles. The molecule has 0 spiro atoms. The van der Waals surface area contributed by atoms with E-state index in [2.05, 4.69) is 47.2 Å². The second-order valence-electron chi connectivity index (χ2n) is 15.2. The number of nitrogens with zero attached hydrogens (tertiary/aromatic N) is 6. The van der Waals surface area contributed by atoms with Crippen LogP contribution in [0.2, 0.25) is 0 Å². The minimum atomic E-state index is -0.190. The highest BCUT2D eigenvalue weighted by molar-refractivity contribution is 5.92. The molecule has 6 atom stereocenters. The summed E-state index contributed by atoms with van der Waals surface area (Å²) < 4.78 is 1.44. The van der Waals surface area contributed by atoms with Crippen molar-refractivity contribution in [2.45, 2.75) is 123 Å². The van der Waals surface area contributed by atoms with Crippen LogP contribution in [0.15, 0.2) is 47.3 Å². The van der Waals surface area contributed by atoms with Crippen LogP contribution in [-0.2, 0) is 27.8 Å². The summed E-state index contributed by atoms with van der Waals surface area (Å²) in [6, 6.07) is 0. The Labute approximate surface area is 287 Å². The number of fused-ring (bicyclic) bond motifs is 3. The van der Waals surface area contributed by atoms with Crippen molar-refractivity contribution in [1.82, 2.24) is 30.0 Å². The van der Waals surface area contributed by atoms with Crippen molar-refractivity contribution >= 4 is 17.3 Å². The lowest BCUT2D eigenvalue weighted by Gasteiger charge is -2.34. The van der Waals surface area contributed by atoms with Crippen LogP contribution in [-0.4, -0.2) is 57.6 Å². The van der Waals surface area contributed by atoms with Gasteiger partial charge in [0.1, 0.15) is 6.73 Å². The van der Waals surface area contributed by atoms with Crippen LogP contribution in [0.3, 0.4) is 0 Å². The van der Waals surface area contributed by atoms with Crippen molar-refractivity contribution in [3.8, 4) is 12.3 Å². The van der Waals surface area contributed by atoms with Crippen molar-refractivity contribution in [2.24, 2.45) is 22.2 Å². The van der Waals surface area contributed by atoms with Gasteiger partial charge in [0, 0.05) is 42.4 Å². The van der Waals surface area contributed by atoms with Gasteiger partial charge in [-0.2, -0.15) is 15.0 Å². The van der Waals surface area contributed by atoms with Gasteiger partial charge in [-0.1, -0.05) is 42.7 Å². The monoisotopic (exact) mass is 668 g/mol. The number of terminal acetylenes is 1. The Hall–Kier alpha value is -4.01. The summed E-state index contributed by atoms with van der Waals surface area (Å²) in [7, 11) is 0. The zero-order valence-electron chi connectivity index (χ0n) is 28.9. The molecule has 2 heterocycles. The Balaban J connectivity index is 0.000000130. The van der Waals surface area contributed by atoms with Gasteiger partial charge in [0.25, 0.3) is 0 Å². The fraction of sp³-hybridized carbons (Fsp3) is 0.605. The molecular weight excluding hydrogens is 620 g/mol. The lowest BCUT2D eigenvalue weighted by atomic mass is 9.69. The predicted octanol–water partition coefficient (Wildman–Crippen LogP) is 5.13. The van der Waals surface area contributed by atoms with Crippen LogP contribution in [0, 0.1) is 34.5 Å². The van der Waals surface area contributed by atoms with Gasteiger partial charge in [-0.15, -0.1) is 17.4 Å². The average molecular weight is 669 g/mol. The van der Waals surface area contributed by atoms with E-state index in [0.717, 1.165) is 69.2 Å². The standard InChI is InChI=1S/2C13H17N3O2.C12H14O/c1-13-5-4-10(18)6-9(13)2-3-11(13)12-7-16(8-17)15-14-12;1-13-5-4-10(18)6-9(13)2-3-11(13)12-7-14-16(8-17)15-12;1-3-9-4-5-10-8-11(13)6-7-12(9,10)2/h2*6-7,11,17H,2-5,8H2,1H3;1,8-9H,4-7H2,2H3/t2*11-,13+;9-,12+/m110/s1. The molecule has 260 valence electrons. The minimum absolute atomic E-state index is 0.0459. The molecule has 6 aliphatic carbocycles. The number of aliphatic hydroxyl groups excluding tert-OH is 2. The maximum Gasteiger partial charge on any atom is 0.155 e. The highest BCUT2D eigenvalue weighted by Gasteiger charge is 2.48. The molecular formula is C38H48N6O5. The number of rotatable bonds is 4. The van der Waals surface area contributed by atoms with E-state index in [4.69, 9.17) is 16.6 Å². The third-order valence-electron chi connectivity index (χ3n) is 12.6. The largest absolute Gasteiger partial charge is 0.374 e. The molecule has 11 heteroatoms. The highest BCUT2D eigenvalue weighted by Crippen LogP contribution is 2.57. The minimum Gasteiger partial charge on any atom is -0.374 e. The van der Waals surface area contributed by atoms with Crippen molar-refractivity contribution in [1.29, 1.82) is 0 Å². The molecule has 8 rings (SSSR count). The van der Waals surface area contributed by atoms with Gasteiger partial charge < -0.3 is 10.2 Å². The number of hydrogen-bond acceptors (Lipinski definition) is 9. The quantitative estimate of drug-likeness (QED) is 0.423. The van der Waals surface area contributed by atoms with E-state index in [0.29, 0.717) is 37.0 Å². The third-order valence-corrected chi connectivity index (χ3v) is 12.6. The predicted molar refractivity (Wildman–Crippen MR) is 181 cm³/mol. The Morgan fingerprint density at radius 3 is 1.76 bits per heavy atom. The van der Waals surface area contributed by atoms with E-state index in [1.807, 2.05) is 24.4 Å². The summed E-state index contributed by atoms with van der Waals surface area (Å²) in [4.78, 5) is 35.5. The van der Waals surface area contributed by atoms with Crippen molar-refractivity contribution in [3.05, 3.63) is 58.7 Å². The fourth-order valence-electron chi connectivity index (χ4n) is 9.34. The fourth-order valence-corrected chi connectivity index (χ4v) is 9.34. The van der Waals surface area contributed by atoms with Crippen molar-refractivity contribution in [3.63, 3.8) is 0 Å². The van der Waals surface area contributed by atoms with Gasteiger partial charge in [0.05, 0.1) is 23.8 Å².